The highest BCUT2D eigenvalue weighted by Crippen LogP contribution is 2.43. The number of rotatable bonds is 6. The molecule has 2 amide bonds. The van der Waals surface area contributed by atoms with Crippen LogP contribution >= 0.6 is 0 Å². The van der Waals surface area contributed by atoms with Crippen LogP contribution in [0, 0.1) is 5.92 Å². The van der Waals surface area contributed by atoms with E-state index in [1.54, 1.807) is 0 Å². The smallest absolute Gasteiger partial charge is 0.320 e. The van der Waals surface area contributed by atoms with Crippen molar-refractivity contribution in [2.45, 2.75) is 51.5 Å². The van der Waals surface area contributed by atoms with Crippen LogP contribution in [0.2, 0.25) is 0 Å². The fourth-order valence-electron chi connectivity index (χ4n) is 4.81. The number of fused-ring (bicyclic) bond motifs is 1. The van der Waals surface area contributed by atoms with Gasteiger partial charge in [-0.05, 0) is 55.8 Å². The number of benzene rings is 1. The molecule has 1 N–H and O–H groups in total. The Hall–Kier alpha value is -2.61. The molecule has 1 atom stereocenters. The maximum Gasteiger partial charge on any atom is 0.320 e. The average molecular weight is 444 g/mol. The lowest BCUT2D eigenvalue weighted by Gasteiger charge is -2.40. The zero-order valence-corrected chi connectivity index (χ0v) is 19.0. The molecule has 0 spiro atoms. The second-order valence-electron chi connectivity index (χ2n) is 9.33. The van der Waals surface area contributed by atoms with Crippen molar-refractivity contribution in [1.29, 1.82) is 0 Å². The first-order valence-electron chi connectivity index (χ1n) is 11.7. The topological polar surface area (TPSA) is 88.2 Å². The Balaban J connectivity index is 1.41. The maximum absolute atomic E-state index is 12.5. The Labute approximate surface area is 189 Å². The third kappa shape index (κ3) is 5.06. The fraction of sp³-hybridized carbons (Fsp3) is 0.625. The molecule has 174 valence electrons. The number of esters is 1. The van der Waals surface area contributed by atoms with E-state index >= 15 is 0 Å². The molecule has 3 aliphatic heterocycles. The quantitative estimate of drug-likeness (QED) is 0.532. The van der Waals surface area contributed by atoms with E-state index in [9.17, 15) is 14.4 Å². The highest BCUT2D eigenvalue weighted by molar-refractivity contribution is 6.02. The van der Waals surface area contributed by atoms with Gasteiger partial charge in [-0.15, -0.1) is 0 Å². The first-order chi connectivity index (χ1) is 15.4. The third-order valence-electron chi connectivity index (χ3n) is 6.46. The van der Waals surface area contributed by atoms with E-state index in [1.165, 1.54) is 5.56 Å². The van der Waals surface area contributed by atoms with Gasteiger partial charge in [0.05, 0.1) is 25.4 Å². The molecule has 3 aliphatic rings. The molecule has 3 heterocycles. The standard InChI is InChI=1S/C24H33N3O5/c1-16(2)15-32-22(29)14-26-10-8-17(9-11-26)18-4-3-5-19-23(18)31-13-12-27(19)20-6-7-21(28)25-24(20)30/h3-5,16-17,20H,6-15H2,1-2H3,(H,25,28,30)/t20-/m0/s1. The number of imide groups is 1. The van der Waals surface area contributed by atoms with Gasteiger partial charge in [0.25, 0.3) is 0 Å². The fourth-order valence-corrected chi connectivity index (χ4v) is 4.81. The van der Waals surface area contributed by atoms with Crippen molar-refractivity contribution >= 4 is 23.5 Å². The van der Waals surface area contributed by atoms with Crippen molar-refractivity contribution in [2.75, 3.05) is 44.3 Å². The van der Waals surface area contributed by atoms with Gasteiger partial charge >= 0.3 is 5.97 Å². The Kier molecular flexibility index (Phi) is 6.98. The molecule has 0 bridgehead atoms. The van der Waals surface area contributed by atoms with Gasteiger partial charge in [0, 0.05) is 6.42 Å². The molecule has 0 aromatic heterocycles. The van der Waals surface area contributed by atoms with Crippen molar-refractivity contribution in [3.63, 3.8) is 0 Å². The summed E-state index contributed by atoms with van der Waals surface area (Å²) in [5.74, 6) is 0.962. The molecule has 1 aromatic carbocycles. The Bertz CT molecular complexity index is 863. The highest BCUT2D eigenvalue weighted by Gasteiger charge is 2.36. The molecule has 0 saturated carbocycles. The van der Waals surface area contributed by atoms with Gasteiger partial charge in [-0.25, -0.2) is 0 Å². The van der Waals surface area contributed by atoms with Gasteiger partial charge in [0.1, 0.15) is 18.4 Å². The van der Waals surface area contributed by atoms with Crippen LogP contribution in [-0.2, 0) is 19.1 Å². The van der Waals surface area contributed by atoms with E-state index in [2.05, 4.69) is 21.2 Å². The zero-order chi connectivity index (χ0) is 22.7. The lowest BCUT2D eigenvalue weighted by atomic mass is 9.87. The highest BCUT2D eigenvalue weighted by atomic mass is 16.5. The molecule has 0 aliphatic carbocycles. The van der Waals surface area contributed by atoms with Crippen LogP contribution in [-0.4, -0.2) is 68.1 Å². The lowest BCUT2D eigenvalue weighted by Crippen LogP contribution is -2.54. The zero-order valence-electron chi connectivity index (χ0n) is 19.0. The number of hydrogen-bond donors (Lipinski definition) is 1. The summed E-state index contributed by atoms with van der Waals surface area (Å²) in [5.41, 5.74) is 2.10. The molecule has 8 nitrogen and oxygen atoms in total. The molecule has 0 unspecified atom stereocenters. The maximum atomic E-state index is 12.5. The second-order valence-corrected chi connectivity index (χ2v) is 9.33. The second kappa shape index (κ2) is 9.90. The van der Waals surface area contributed by atoms with Crippen LogP contribution in [0.3, 0.4) is 0 Å². The van der Waals surface area contributed by atoms with Crippen LogP contribution in [0.1, 0.15) is 51.0 Å². The van der Waals surface area contributed by atoms with E-state index in [0.29, 0.717) is 51.0 Å². The van der Waals surface area contributed by atoms with Crippen LogP contribution in [0.5, 0.6) is 5.75 Å². The number of carbonyl (C=O) groups excluding carboxylic acids is 3. The minimum absolute atomic E-state index is 0.155. The van der Waals surface area contributed by atoms with E-state index < -0.39 is 0 Å². The molecule has 2 saturated heterocycles. The van der Waals surface area contributed by atoms with Crippen LogP contribution in [0.25, 0.3) is 0 Å². The molecule has 8 heteroatoms. The number of hydrogen-bond acceptors (Lipinski definition) is 7. The predicted molar refractivity (Wildman–Crippen MR) is 120 cm³/mol. The van der Waals surface area contributed by atoms with E-state index in [-0.39, 0.29) is 23.8 Å². The molecule has 32 heavy (non-hydrogen) atoms. The number of anilines is 1. The van der Waals surface area contributed by atoms with Gasteiger partial charge in [0.2, 0.25) is 11.8 Å². The molecule has 1 aromatic rings. The normalized spacial score (nSPS) is 22.3. The van der Waals surface area contributed by atoms with E-state index in [0.717, 1.165) is 37.4 Å². The number of para-hydroxylation sites is 1. The first-order valence-corrected chi connectivity index (χ1v) is 11.7. The van der Waals surface area contributed by atoms with Crippen molar-refractivity contribution < 1.29 is 23.9 Å². The van der Waals surface area contributed by atoms with Gasteiger partial charge in [-0.3, -0.25) is 24.6 Å². The SMILES string of the molecule is CC(C)COC(=O)CN1CCC(c2cccc3c2OCCN3[C@H]2CCC(=O)NC2=O)CC1. The van der Waals surface area contributed by atoms with Gasteiger partial charge < -0.3 is 14.4 Å². The number of amides is 2. The number of ether oxygens (including phenoxy) is 2. The van der Waals surface area contributed by atoms with Crippen molar-refractivity contribution in [3.05, 3.63) is 23.8 Å². The number of carbonyl (C=O) groups is 3. The molecule has 4 rings (SSSR count). The van der Waals surface area contributed by atoms with Crippen LogP contribution in [0.15, 0.2) is 18.2 Å². The van der Waals surface area contributed by atoms with Crippen molar-refractivity contribution in [3.8, 4) is 5.75 Å². The van der Waals surface area contributed by atoms with Crippen LogP contribution < -0.4 is 15.0 Å². The van der Waals surface area contributed by atoms with E-state index in [1.807, 2.05) is 26.0 Å². The van der Waals surface area contributed by atoms with Crippen molar-refractivity contribution in [1.82, 2.24) is 10.2 Å². The number of nitrogens with zero attached hydrogens (tertiary/aromatic N) is 2. The van der Waals surface area contributed by atoms with E-state index in [4.69, 9.17) is 9.47 Å². The molecular weight excluding hydrogens is 410 g/mol. The number of nitrogens with one attached hydrogen (secondary N) is 1. The van der Waals surface area contributed by atoms with Gasteiger partial charge in [0.15, 0.2) is 0 Å². The summed E-state index contributed by atoms with van der Waals surface area (Å²) < 4.78 is 11.4. The Morgan fingerprint density at radius 3 is 2.69 bits per heavy atom. The summed E-state index contributed by atoms with van der Waals surface area (Å²) in [7, 11) is 0. The third-order valence-corrected chi connectivity index (χ3v) is 6.46. The Morgan fingerprint density at radius 1 is 1.19 bits per heavy atom. The average Bonchev–Trinajstić information content (AvgIpc) is 2.78. The number of likely N-dealkylation sites (tertiary alicyclic amines) is 1. The minimum atomic E-state index is -0.343. The molecular formula is C24H33N3O5. The minimum Gasteiger partial charge on any atom is -0.489 e. The summed E-state index contributed by atoms with van der Waals surface area (Å²) in [4.78, 5) is 40.3. The monoisotopic (exact) mass is 443 g/mol. The van der Waals surface area contributed by atoms with Crippen LogP contribution in [0.4, 0.5) is 5.69 Å². The molecule has 0 radical (unpaired) electrons. The lowest BCUT2D eigenvalue weighted by molar-refractivity contribution is -0.146. The summed E-state index contributed by atoms with van der Waals surface area (Å²) in [6.07, 6.45) is 2.77. The Morgan fingerprint density at radius 2 is 1.97 bits per heavy atom. The summed E-state index contributed by atoms with van der Waals surface area (Å²) in [6.45, 7) is 7.68. The number of piperidine rings is 2. The first kappa shape index (κ1) is 22.6. The van der Waals surface area contributed by atoms with Gasteiger partial charge in [-0.2, -0.15) is 0 Å². The van der Waals surface area contributed by atoms with Gasteiger partial charge in [-0.1, -0.05) is 26.0 Å². The summed E-state index contributed by atoms with van der Waals surface area (Å²) >= 11 is 0. The largest absolute Gasteiger partial charge is 0.489 e. The molecule has 2 fully saturated rings. The summed E-state index contributed by atoms with van der Waals surface area (Å²) in [5, 5.41) is 2.47. The summed E-state index contributed by atoms with van der Waals surface area (Å²) in [6, 6.07) is 5.80. The van der Waals surface area contributed by atoms with Crippen molar-refractivity contribution in [2.24, 2.45) is 5.92 Å². The predicted octanol–water partition coefficient (Wildman–Crippen LogP) is 2.07.